The number of benzene rings is 1. The minimum absolute atomic E-state index is 0.671. The first-order valence-corrected chi connectivity index (χ1v) is 8.54. The first-order chi connectivity index (χ1) is 9.81. The number of aromatic amines is 1. The summed E-state index contributed by atoms with van der Waals surface area (Å²) < 4.78 is 0.671. The van der Waals surface area contributed by atoms with E-state index >= 15 is 0 Å². The Hall–Kier alpha value is -1.13. The van der Waals surface area contributed by atoms with Gasteiger partial charge in [-0.1, -0.05) is 55.4 Å². The van der Waals surface area contributed by atoms with Crippen LogP contribution in [0.5, 0.6) is 0 Å². The lowest BCUT2D eigenvalue weighted by molar-refractivity contribution is 0.886. The molecule has 4 heteroatoms. The minimum Gasteiger partial charge on any atom is -0.342 e. The molecule has 1 aromatic carbocycles. The van der Waals surface area contributed by atoms with Gasteiger partial charge in [0.15, 0.2) is 0 Å². The van der Waals surface area contributed by atoms with E-state index in [1.54, 1.807) is 0 Å². The summed E-state index contributed by atoms with van der Waals surface area (Å²) in [5.74, 6) is 1.92. The Morgan fingerprint density at radius 3 is 2.70 bits per heavy atom. The van der Waals surface area contributed by atoms with Crippen LogP contribution in [0.4, 0.5) is 0 Å². The Bertz CT molecular complexity index is 616. The highest BCUT2D eigenvalue weighted by Crippen LogP contribution is 2.31. The predicted octanol–water partition coefficient (Wildman–Crippen LogP) is 4.98. The number of thioether (sulfide) groups is 1. The van der Waals surface area contributed by atoms with Gasteiger partial charge in [0.25, 0.3) is 0 Å². The third-order valence-electron chi connectivity index (χ3n) is 3.63. The van der Waals surface area contributed by atoms with Crippen molar-refractivity contribution in [1.82, 2.24) is 9.97 Å². The van der Waals surface area contributed by atoms with E-state index in [2.05, 4.69) is 22.1 Å². The molecule has 1 heterocycles. The van der Waals surface area contributed by atoms with E-state index in [1.165, 1.54) is 25.7 Å². The second-order valence-corrected chi connectivity index (χ2v) is 6.87. The highest BCUT2D eigenvalue weighted by Gasteiger charge is 2.15. The van der Waals surface area contributed by atoms with E-state index in [1.807, 2.05) is 36.0 Å². The van der Waals surface area contributed by atoms with E-state index in [4.69, 9.17) is 12.2 Å². The summed E-state index contributed by atoms with van der Waals surface area (Å²) in [6.07, 6.45) is 5.46. The van der Waals surface area contributed by atoms with Crippen LogP contribution >= 0.6 is 24.0 Å². The normalized spacial score (nSPS) is 15.6. The number of nitrogens with one attached hydrogen (secondary N) is 1. The largest absolute Gasteiger partial charge is 0.342 e. The van der Waals surface area contributed by atoms with Gasteiger partial charge in [0.1, 0.15) is 10.5 Å². The highest BCUT2D eigenvalue weighted by atomic mass is 32.2. The number of nitrogens with zero attached hydrogens (tertiary/aromatic N) is 1. The van der Waals surface area contributed by atoms with Gasteiger partial charge in [-0.3, -0.25) is 0 Å². The molecule has 1 saturated carbocycles. The lowest BCUT2D eigenvalue weighted by Gasteiger charge is -2.09. The van der Waals surface area contributed by atoms with Crippen molar-refractivity contribution in [1.29, 1.82) is 0 Å². The summed E-state index contributed by atoms with van der Waals surface area (Å²) in [7, 11) is 0. The van der Waals surface area contributed by atoms with Crippen LogP contribution in [0.2, 0.25) is 0 Å². The Kier molecular flexibility index (Phi) is 4.53. The van der Waals surface area contributed by atoms with Crippen molar-refractivity contribution < 1.29 is 0 Å². The molecule has 1 aliphatic carbocycles. The van der Waals surface area contributed by atoms with Gasteiger partial charge in [0, 0.05) is 10.9 Å². The number of H-pyrrole nitrogens is 1. The monoisotopic (exact) mass is 302 g/mol. The van der Waals surface area contributed by atoms with Crippen molar-refractivity contribution >= 4 is 24.0 Å². The third-order valence-corrected chi connectivity index (χ3v) is 5.23. The van der Waals surface area contributed by atoms with Gasteiger partial charge >= 0.3 is 0 Å². The van der Waals surface area contributed by atoms with E-state index in [-0.39, 0.29) is 0 Å². The van der Waals surface area contributed by atoms with Gasteiger partial charge in [0.05, 0.1) is 5.75 Å². The summed E-state index contributed by atoms with van der Waals surface area (Å²) in [6, 6.07) is 12.2. The molecule has 0 aliphatic heterocycles. The molecule has 20 heavy (non-hydrogen) atoms. The smallest absolute Gasteiger partial charge is 0.130 e. The second-order valence-electron chi connectivity index (χ2n) is 5.16. The maximum absolute atomic E-state index is 5.30. The zero-order valence-electron chi connectivity index (χ0n) is 11.3. The van der Waals surface area contributed by atoms with Crippen molar-refractivity contribution in [3.05, 3.63) is 46.9 Å². The van der Waals surface area contributed by atoms with Crippen LogP contribution < -0.4 is 0 Å². The molecule has 1 fully saturated rings. The zero-order chi connectivity index (χ0) is 13.8. The predicted molar refractivity (Wildman–Crippen MR) is 88.4 cm³/mol. The van der Waals surface area contributed by atoms with E-state index in [9.17, 15) is 0 Å². The average molecular weight is 302 g/mol. The van der Waals surface area contributed by atoms with Crippen LogP contribution in [-0.2, 0) is 5.75 Å². The molecule has 0 spiro atoms. The molecule has 2 aromatic rings. The van der Waals surface area contributed by atoms with Crippen LogP contribution in [0.25, 0.3) is 11.3 Å². The SMILES string of the molecule is S=c1cc(-c2ccccc2)[nH]c(CSC2CCCC2)n1. The summed E-state index contributed by atoms with van der Waals surface area (Å²) in [5.41, 5.74) is 2.22. The molecular formula is C16H18N2S2. The summed E-state index contributed by atoms with van der Waals surface area (Å²) >= 11 is 7.31. The van der Waals surface area contributed by atoms with Crippen molar-refractivity contribution in [2.24, 2.45) is 0 Å². The van der Waals surface area contributed by atoms with Crippen LogP contribution in [0.3, 0.4) is 0 Å². The van der Waals surface area contributed by atoms with Crippen LogP contribution in [0.15, 0.2) is 36.4 Å². The van der Waals surface area contributed by atoms with Gasteiger partial charge in [0.2, 0.25) is 0 Å². The van der Waals surface area contributed by atoms with Crippen molar-refractivity contribution in [2.45, 2.75) is 36.7 Å². The number of hydrogen-bond acceptors (Lipinski definition) is 3. The van der Waals surface area contributed by atoms with Crippen molar-refractivity contribution in [3.8, 4) is 11.3 Å². The Balaban J connectivity index is 1.78. The van der Waals surface area contributed by atoms with Gasteiger partial charge in [-0.05, 0) is 24.5 Å². The molecule has 104 valence electrons. The molecule has 1 aliphatic rings. The van der Waals surface area contributed by atoms with E-state index in [0.717, 1.165) is 28.1 Å². The maximum Gasteiger partial charge on any atom is 0.130 e. The minimum atomic E-state index is 0.671. The van der Waals surface area contributed by atoms with Crippen molar-refractivity contribution in [3.63, 3.8) is 0 Å². The molecule has 0 amide bonds. The molecule has 1 N–H and O–H groups in total. The van der Waals surface area contributed by atoms with Gasteiger partial charge in [-0.15, -0.1) is 0 Å². The number of rotatable bonds is 4. The van der Waals surface area contributed by atoms with Crippen LogP contribution in [0, 0.1) is 4.64 Å². The summed E-state index contributed by atoms with van der Waals surface area (Å²) in [4.78, 5) is 7.89. The maximum atomic E-state index is 5.30. The molecule has 0 radical (unpaired) electrons. The highest BCUT2D eigenvalue weighted by molar-refractivity contribution is 7.99. The number of hydrogen-bond donors (Lipinski definition) is 1. The first kappa shape index (κ1) is 13.8. The fraction of sp³-hybridized carbons (Fsp3) is 0.375. The first-order valence-electron chi connectivity index (χ1n) is 7.08. The molecular weight excluding hydrogens is 284 g/mol. The fourth-order valence-electron chi connectivity index (χ4n) is 2.60. The Morgan fingerprint density at radius 1 is 1.20 bits per heavy atom. The topological polar surface area (TPSA) is 28.7 Å². The van der Waals surface area contributed by atoms with Gasteiger partial charge < -0.3 is 4.98 Å². The molecule has 0 bridgehead atoms. The van der Waals surface area contributed by atoms with Gasteiger partial charge in [-0.2, -0.15) is 11.8 Å². The quantitative estimate of drug-likeness (QED) is 0.807. The summed E-state index contributed by atoms with van der Waals surface area (Å²) in [6.45, 7) is 0. The molecule has 2 nitrogen and oxygen atoms in total. The average Bonchev–Trinajstić information content (AvgIpc) is 2.99. The number of aromatic nitrogens is 2. The molecule has 0 unspecified atom stereocenters. The molecule has 0 atom stereocenters. The molecule has 1 aromatic heterocycles. The Labute approximate surface area is 129 Å². The second kappa shape index (κ2) is 6.55. The van der Waals surface area contributed by atoms with E-state index < -0.39 is 0 Å². The van der Waals surface area contributed by atoms with Crippen molar-refractivity contribution in [2.75, 3.05) is 0 Å². The molecule has 0 saturated heterocycles. The van der Waals surface area contributed by atoms with E-state index in [0.29, 0.717) is 4.64 Å². The zero-order valence-corrected chi connectivity index (χ0v) is 13.0. The van der Waals surface area contributed by atoms with Crippen LogP contribution in [0.1, 0.15) is 31.5 Å². The lowest BCUT2D eigenvalue weighted by Crippen LogP contribution is -2.00. The lowest BCUT2D eigenvalue weighted by atomic mass is 10.1. The van der Waals surface area contributed by atoms with Gasteiger partial charge in [-0.25, -0.2) is 4.98 Å². The Morgan fingerprint density at radius 2 is 1.95 bits per heavy atom. The standard InChI is InChI=1S/C16H18N2S2/c19-16-10-14(12-6-2-1-3-7-12)17-15(18-16)11-20-13-8-4-5-9-13/h1-3,6-7,10,13H,4-5,8-9,11H2,(H,17,18,19). The fourth-order valence-corrected chi connectivity index (χ4v) is 4.03. The third kappa shape index (κ3) is 3.49. The summed E-state index contributed by atoms with van der Waals surface area (Å²) in [5, 5.41) is 0.805. The molecule has 3 rings (SSSR count). The van der Waals surface area contributed by atoms with Crippen LogP contribution in [-0.4, -0.2) is 15.2 Å².